The summed E-state index contributed by atoms with van der Waals surface area (Å²) in [6.45, 7) is 3.60. The lowest BCUT2D eigenvalue weighted by molar-refractivity contribution is -0.139. The van der Waals surface area contributed by atoms with Crippen LogP contribution in [0.5, 0.6) is 0 Å². The molecule has 0 fully saturated rings. The van der Waals surface area contributed by atoms with Gasteiger partial charge in [0.2, 0.25) is 0 Å². The molecule has 0 rings (SSSR count). The van der Waals surface area contributed by atoms with E-state index in [4.69, 9.17) is 0 Å². The van der Waals surface area contributed by atoms with Crippen molar-refractivity contribution in [3.8, 4) is 0 Å². The van der Waals surface area contributed by atoms with Crippen molar-refractivity contribution in [1.29, 1.82) is 0 Å². The summed E-state index contributed by atoms with van der Waals surface area (Å²) in [4.78, 5) is 10.8. The second-order valence-electron chi connectivity index (χ2n) is 3.28. The second kappa shape index (κ2) is 7.27. The molecule has 0 aliphatic rings. The quantitative estimate of drug-likeness (QED) is 0.569. The molecule has 0 aliphatic heterocycles. The van der Waals surface area contributed by atoms with E-state index in [1.165, 1.54) is 19.1 Å². The molecule has 1 N–H and O–H groups in total. The minimum atomic E-state index is -4.17. The van der Waals surface area contributed by atoms with Gasteiger partial charge < -0.3 is 10.1 Å². The van der Waals surface area contributed by atoms with Crippen molar-refractivity contribution in [2.75, 3.05) is 13.2 Å². The summed E-state index contributed by atoms with van der Waals surface area (Å²) in [5.41, 5.74) is 0. The van der Waals surface area contributed by atoms with Crippen LogP contribution in [0.4, 0.5) is 13.2 Å². The number of hydrogen-bond donors (Lipinski definition) is 1. The Morgan fingerprint density at radius 3 is 2.62 bits per heavy atom. The number of rotatable bonds is 6. The molecule has 6 heteroatoms. The second-order valence-corrected chi connectivity index (χ2v) is 3.28. The van der Waals surface area contributed by atoms with Crippen LogP contribution in [-0.4, -0.2) is 31.3 Å². The van der Waals surface area contributed by atoms with Gasteiger partial charge in [0.15, 0.2) is 0 Å². The molecule has 0 saturated carbocycles. The summed E-state index contributed by atoms with van der Waals surface area (Å²) in [7, 11) is 0. The summed E-state index contributed by atoms with van der Waals surface area (Å²) in [5.74, 6) is -0.493. The molecule has 0 heterocycles. The Morgan fingerprint density at radius 1 is 1.50 bits per heavy atom. The summed E-state index contributed by atoms with van der Waals surface area (Å²) in [6.07, 6.45) is -2.43. The van der Waals surface area contributed by atoms with Crippen molar-refractivity contribution >= 4 is 5.97 Å². The number of carbonyl (C=O) groups excluding carboxylic acids is 1. The van der Waals surface area contributed by atoms with E-state index in [2.05, 4.69) is 10.1 Å². The maximum absolute atomic E-state index is 11.9. The lowest BCUT2D eigenvalue weighted by Gasteiger charge is -2.14. The number of hydrogen-bond acceptors (Lipinski definition) is 3. The maximum atomic E-state index is 11.9. The minimum absolute atomic E-state index is 0.204. The van der Waals surface area contributed by atoms with Crippen molar-refractivity contribution in [2.45, 2.75) is 32.5 Å². The standard InChI is InChI=1S/C10H16F3NO2/c1-3-16-9(15)5-4-6-14-8(2)7-10(11,12)13/h4-5,8,14H,3,6-7H2,1-2H3/b5-4+. The molecule has 1 atom stereocenters. The Hall–Kier alpha value is -1.04. The molecule has 3 nitrogen and oxygen atoms in total. The third kappa shape index (κ3) is 9.51. The fourth-order valence-corrected chi connectivity index (χ4v) is 1.03. The van der Waals surface area contributed by atoms with E-state index in [-0.39, 0.29) is 13.2 Å². The Morgan fingerprint density at radius 2 is 2.12 bits per heavy atom. The summed E-state index contributed by atoms with van der Waals surface area (Å²) in [5, 5.41) is 2.62. The smallest absolute Gasteiger partial charge is 0.390 e. The van der Waals surface area contributed by atoms with Gasteiger partial charge in [-0.2, -0.15) is 13.2 Å². The van der Waals surface area contributed by atoms with Crippen LogP contribution in [0.1, 0.15) is 20.3 Å². The third-order valence-corrected chi connectivity index (χ3v) is 1.66. The summed E-state index contributed by atoms with van der Waals surface area (Å²) >= 11 is 0. The average Bonchev–Trinajstić information content (AvgIpc) is 2.10. The predicted molar refractivity (Wildman–Crippen MR) is 53.9 cm³/mol. The van der Waals surface area contributed by atoms with E-state index in [9.17, 15) is 18.0 Å². The Labute approximate surface area is 92.7 Å². The van der Waals surface area contributed by atoms with Crippen molar-refractivity contribution < 1.29 is 22.7 Å². The van der Waals surface area contributed by atoms with Crippen LogP contribution >= 0.6 is 0 Å². The van der Waals surface area contributed by atoms with Gasteiger partial charge >= 0.3 is 12.1 Å². The first-order valence-corrected chi connectivity index (χ1v) is 4.98. The molecule has 0 spiro atoms. The van der Waals surface area contributed by atoms with Crippen LogP contribution < -0.4 is 5.32 Å². The lowest BCUT2D eigenvalue weighted by Crippen LogP contribution is -2.31. The van der Waals surface area contributed by atoms with Crippen LogP contribution in [0.2, 0.25) is 0 Å². The molecule has 16 heavy (non-hydrogen) atoms. The summed E-state index contributed by atoms with van der Waals surface area (Å²) in [6, 6.07) is -0.674. The van der Waals surface area contributed by atoms with Gasteiger partial charge in [-0.3, -0.25) is 0 Å². The zero-order chi connectivity index (χ0) is 12.6. The third-order valence-electron chi connectivity index (χ3n) is 1.66. The number of ether oxygens (including phenoxy) is 1. The molecule has 0 aromatic rings. The maximum Gasteiger partial charge on any atom is 0.390 e. The first-order chi connectivity index (χ1) is 7.35. The number of esters is 1. The van der Waals surface area contributed by atoms with E-state index in [0.29, 0.717) is 0 Å². The van der Waals surface area contributed by atoms with E-state index in [0.717, 1.165) is 0 Å². The molecular weight excluding hydrogens is 223 g/mol. The highest BCUT2D eigenvalue weighted by Gasteiger charge is 2.29. The summed E-state index contributed by atoms with van der Waals surface area (Å²) < 4.78 is 40.3. The Balaban J connectivity index is 3.69. The molecular formula is C10H16F3NO2. The van der Waals surface area contributed by atoms with E-state index in [1.54, 1.807) is 6.92 Å². The minimum Gasteiger partial charge on any atom is -0.463 e. The van der Waals surface area contributed by atoms with Crippen LogP contribution in [0.25, 0.3) is 0 Å². The molecule has 1 unspecified atom stereocenters. The highest BCUT2D eigenvalue weighted by atomic mass is 19.4. The van der Waals surface area contributed by atoms with E-state index >= 15 is 0 Å². The number of nitrogens with one attached hydrogen (secondary N) is 1. The largest absolute Gasteiger partial charge is 0.463 e. The fraction of sp³-hybridized carbons (Fsp3) is 0.700. The zero-order valence-corrected chi connectivity index (χ0v) is 9.30. The molecule has 94 valence electrons. The van der Waals surface area contributed by atoms with Crippen molar-refractivity contribution in [1.82, 2.24) is 5.32 Å². The number of carbonyl (C=O) groups is 1. The van der Waals surface area contributed by atoms with Gasteiger partial charge in [-0.15, -0.1) is 0 Å². The molecule has 0 saturated heterocycles. The van der Waals surface area contributed by atoms with Crippen molar-refractivity contribution in [3.05, 3.63) is 12.2 Å². The van der Waals surface area contributed by atoms with Crippen molar-refractivity contribution in [3.63, 3.8) is 0 Å². The van der Waals surface area contributed by atoms with Crippen LogP contribution in [0, 0.1) is 0 Å². The first kappa shape index (κ1) is 15.0. The first-order valence-electron chi connectivity index (χ1n) is 4.98. The lowest BCUT2D eigenvalue weighted by atomic mass is 10.2. The van der Waals surface area contributed by atoms with Gasteiger partial charge in [-0.25, -0.2) is 4.79 Å². The van der Waals surface area contributed by atoms with E-state index in [1.807, 2.05) is 0 Å². The van der Waals surface area contributed by atoms with Crippen LogP contribution in [0.15, 0.2) is 12.2 Å². The Bertz CT molecular complexity index is 239. The molecule has 0 aromatic carbocycles. The number of halogens is 3. The molecule has 0 bridgehead atoms. The highest BCUT2D eigenvalue weighted by Crippen LogP contribution is 2.20. The van der Waals surface area contributed by atoms with Crippen molar-refractivity contribution in [2.24, 2.45) is 0 Å². The van der Waals surface area contributed by atoms with Gasteiger partial charge in [0.05, 0.1) is 13.0 Å². The molecule has 0 radical (unpaired) electrons. The highest BCUT2D eigenvalue weighted by molar-refractivity contribution is 5.81. The van der Waals surface area contributed by atoms with Gasteiger partial charge in [-0.1, -0.05) is 6.08 Å². The normalized spacial score (nSPS) is 14.1. The van der Waals surface area contributed by atoms with Gasteiger partial charge in [0, 0.05) is 18.7 Å². The topological polar surface area (TPSA) is 38.3 Å². The fourth-order valence-electron chi connectivity index (χ4n) is 1.03. The Kier molecular flexibility index (Phi) is 6.80. The van der Waals surface area contributed by atoms with Crippen LogP contribution in [0.3, 0.4) is 0 Å². The van der Waals surface area contributed by atoms with Gasteiger partial charge in [-0.05, 0) is 13.8 Å². The monoisotopic (exact) mass is 239 g/mol. The van der Waals surface area contributed by atoms with Gasteiger partial charge in [0.1, 0.15) is 0 Å². The molecule has 0 amide bonds. The molecule has 0 aromatic heterocycles. The predicted octanol–water partition coefficient (Wildman–Crippen LogP) is 2.04. The van der Waals surface area contributed by atoms with Crippen LogP contribution in [-0.2, 0) is 9.53 Å². The number of alkyl halides is 3. The average molecular weight is 239 g/mol. The van der Waals surface area contributed by atoms with E-state index < -0.39 is 24.6 Å². The molecule has 0 aliphatic carbocycles. The SMILES string of the molecule is CCOC(=O)/C=C/CNC(C)CC(F)(F)F. The van der Waals surface area contributed by atoms with Gasteiger partial charge in [0.25, 0.3) is 0 Å². The zero-order valence-electron chi connectivity index (χ0n) is 9.30.